The van der Waals surface area contributed by atoms with Crippen molar-refractivity contribution in [2.24, 2.45) is 0 Å². The Morgan fingerprint density at radius 2 is 1.88 bits per heavy atom. The lowest BCUT2D eigenvalue weighted by Crippen LogP contribution is -2.49. The molecule has 0 aliphatic rings. The number of hydrogen-bond acceptors (Lipinski definition) is 3. The first-order chi connectivity index (χ1) is 7.02. The van der Waals surface area contributed by atoms with Gasteiger partial charge in [0.25, 0.3) is 10.2 Å². The Morgan fingerprint density at radius 3 is 2.25 bits per heavy atom. The zero-order valence-corrected chi connectivity index (χ0v) is 10.9. The predicted octanol–water partition coefficient (Wildman–Crippen LogP) is 0.462. The number of carboxylic acids is 1. The summed E-state index contributed by atoms with van der Waals surface area (Å²) in [5.41, 5.74) is -0.557. The Hall–Kier alpha value is -0.660. The van der Waals surface area contributed by atoms with Crippen LogP contribution in [0, 0.1) is 0 Å². The largest absolute Gasteiger partial charge is 0.481 e. The summed E-state index contributed by atoms with van der Waals surface area (Å²) in [5, 5.41) is 8.45. The SMILES string of the molecule is CC(CCC(=O)O)NS(=O)(=O)NC(C)(C)C. The number of aliphatic carboxylic acids is 1. The Kier molecular flexibility index (Phi) is 5.37. The fourth-order valence-corrected chi connectivity index (χ4v) is 2.61. The summed E-state index contributed by atoms with van der Waals surface area (Å²) in [7, 11) is -3.58. The van der Waals surface area contributed by atoms with Crippen molar-refractivity contribution in [3.05, 3.63) is 0 Å². The van der Waals surface area contributed by atoms with Gasteiger partial charge in [-0.2, -0.15) is 17.9 Å². The van der Waals surface area contributed by atoms with Gasteiger partial charge in [-0.3, -0.25) is 4.79 Å². The van der Waals surface area contributed by atoms with E-state index in [4.69, 9.17) is 5.11 Å². The Bertz CT molecular complexity index is 332. The van der Waals surface area contributed by atoms with Crippen LogP contribution in [0.1, 0.15) is 40.5 Å². The quantitative estimate of drug-likeness (QED) is 0.640. The molecule has 0 saturated carbocycles. The lowest BCUT2D eigenvalue weighted by molar-refractivity contribution is -0.137. The van der Waals surface area contributed by atoms with Crippen molar-refractivity contribution in [1.29, 1.82) is 0 Å². The van der Waals surface area contributed by atoms with E-state index >= 15 is 0 Å². The van der Waals surface area contributed by atoms with Crippen LogP contribution in [0.3, 0.4) is 0 Å². The third kappa shape index (κ3) is 8.63. The molecule has 0 aliphatic carbocycles. The maximum absolute atomic E-state index is 11.5. The third-order valence-electron chi connectivity index (χ3n) is 1.59. The maximum atomic E-state index is 11.5. The van der Waals surface area contributed by atoms with Crippen LogP contribution >= 0.6 is 0 Å². The molecule has 16 heavy (non-hydrogen) atoms. The highest BCUT2D eigenvalue weighted by Crippen LogP contribution is 2.03. The first-order valence-corrected chi connectivity index (χ1v) is 6.53. The van der Waals surface area contributed by atoms with Gasteiger partial charge in [0.15, 0.2) is 0 Å². The molecule has 0 bridgehead atoms. The summed E-state index contributed by atoms with van der Waals surface area (Å²) in [5.74, 6) is -0.935. The molecule has 3 N–H and O–H groups in total. The molecule has 0 saturated heterocycles. The van der Waals surface area contributed by atoms with Gasteiger partial charge in [-0.05, 0) is 34.1 Å². The second-order valence-corrected chi connectivity index (χ2v) is 6.25. The van der Waals surface area contributed by atoms with Gasteiger partial charge in [0.1, 0.15) is 0 Å². The van der Waals surface area contributed by atoms with Gasteiger partial charge in [-0.1, -0.05) is 0 Å². The van der Waals surface area contributed by atoms with E-state index < -0.39 is 27.8 Å². The van der Waals surface area contributed by atoms with Gasteiger partial charge in [0.05, 0.1) is 0 Å². The number of hydrogen-bond donors (Lipinski definition) is 3. The van der Waals surface area contributed by atoms with Gasteiger partial charge < -0.3 is 5.11 Å². The Morgan fingerprint density at radius 1 is 1.38 bits per heavy atom. The van der Waals surface area contributed by atoms with Crippen LogP contribution in [0.5, 0.6) is 0 Å². The van der Waals surface area contributed by atoms with Crippen LogP contribution < -0.4 is 9.44 Å². The summed E-state index contributed by atoms with van der Waals surface area (Å²) in [6, 6.07) is -0.407. The molecule has 1 unspecified atom stereocenters. The van der Waals surface area contributed by atoms with Crippen molar-refractivity contribution < 1.29 is 18.3 Å². The maximum Gasteiger partial charge on any atom is 0.303 e. The first-order valence-electron chi connectivity index (χ1n) is 5.05. The average molecular weight is 252 g/mol. The fraction of sp³-hybridized carbons (Fsp3) is 0.889. The molecule has 0 spiro atoms. The van der Waals surface area contributed by atoms with Crippen LogP contribution in [-0.2, 0) is 15.0 Å². The number of rotatable bonds is 6. The zero-order chi connectivity index (χ0) is 13.0. The molecule has 0 aromatic rings. The van der Waals surface area contributed by atoms with Gasteiger partial charge in [-0.25, -0.2) is 0 Å². The molecule has 1 atom stereocenters. The molecule has 0 aromatic heterocycles. The van der Waals surface area contributed by atoms with Crippen LogP contribution in [0.25, 0.3) is 0 Å². The van der Waals surface area contributed by atoms with E-state index in [1.807, 2.05) is 0 Å². The highest BCUT2D eigenvalue weighted by atomic mass is 32.2. The van der Waals surface area contributed by atoms with E-state index in [1.54, 1.807) is 27.7 Å². The standard InChI is InChI=1S/C9H20N2O4S/c1-7(5-6-8(12)13)10-16(14,15)11-9(2,3)4/h7,10-11H,5-6H2,1-4H3,(H,12,13). The van der Waals surface area contributed by atoms with E-state index in [9.17, 15) is 13.2 Å². The first kappa shape index (κ1) is 15.3. The summed E-state index contributed by atoms with van der Waals surface area (Å²) in [6.45, 7) is 6.82. The van der Waals surface area contributed by atoms with Crippen molar-refractivity contribution in [1.82, 2.24) is 9.44 Å². The molecule has 7 heteroatoms. The molecule has 6 nitrogen and oxygen atoms in total. The van der Waals surface area contributed by atoms with Crippen LogP contribution in [0.15, 0.2) is 0 Å². The van der Waals surface area contributed by atoms with E-state index in [0.29, 0.717) is 0 Å². The van der Waals surface area contributed by atoms with Crippen LogP contribution in [0.2, 0.25) is 0 Å². The van der Waals surface area contributed by atoms with E-state index in [1.165, 1.54) is 0 Å². The fourth-order valence-electron chi connectivity index (χ4n) is 1.10. The Labute approximate surface area is 96.6 Å². The topological polar surface area (TPSA) is 95.5 Å². The van der Waals surface area contributed by atoms with E-state index in [0.717, 1.165) is 0 Å². The minimum Gasteiger partial charge on any atom is -0.481 e. The number of carbonyl (C=O) groups is 1. The lowest BCUT2D eigenvalue weighted by atomic mass is 10.1. The van der Waals surface area contributed by atoms with Crippen molar-refractivity contribution in [2.45, 2.75) is 52.1 Å². The van der Waals surface area contributed by atoms with E-state index in [2.05, 4.69) is 9.44 Å². The summed E-state index contributed by atoms with van der Waals surface area (Å²) in [4.78, 5) is 10.3. The molecule has 0 fully saturated rings. The van der Waals surface area contributed by atoms with Crippen molar-refractivity contribution >= 4 is 16.2 Å². The lowest BCUT2D eigenvalue weighted by Gasteiger charge is -2.22. The monoisotopic (exact) mass is 252 g/mol. The molecule has 0 aliphatic heterocycles. The minimum atomic E-state index is -3.58. The molecular formula is C9H20N2O4S. The molecule has 0 aromatic carbocycles. The molecule has 0 rings (SSSR count). The number of carboxylic acid groups (broad SMARTS) is 1. The Balaban J connectivity index is 4.21. The van der Waals surface area contributed by atoms with E-state index in [-0.39, 0.29) is 12.8 Å². The molecule has 96 valence electrons. The number of nitrogens with one attached hydrogen (secondary N) is 2. The average Bonchev–Trinajstić information content (AvgIpc) is 1.94. The molecule has 0 radical (unpaired) electrons. The summed E-state index contributed by atoms with van der Waals surface area (Å²) < 4.78 is 27.9. The summed E-state index contributed by atoms with van der Waals surface area (Å²) in [6.07, 6.45) is 0.208. The van der Waals surface area contributed by atoms with Crippen molar-refractivity contribution in [3.8, 4) is 0 Å². The van der Waals surface area contributed by atoms with Crippen LogP contribution in [0.4, 0.5) is 0 Å². The van der Waals surface area contributed by atoms with Gasteiger partial charge in [0, 0.05) is 18.0 Å². The second kappa shape index (κ2) is 5.60. The van der Waals surface area contributed by atoms with Crippen molar-refractivity contribution in [3.63, 3.8) is 0 Å². The van der Waals surface area contributed by atoms with Crippen molar-refractivity contribution in [2.75, 3.05) is 0 Å². The second-order valence-electron chi connectivity index (χ2n) is 4.81. The van der Waals surface area contributed by atoms with Gasteiger partial charge >= 0.3 is 5.97 Å². The van der Waals surface area contributed by atoms with Crippen LogP contribution in [-0.4, -0.2) is 31.1 Å². The smallest absolute Gasteiger partial charge is 0.303 e. The minimum absolute atomic E-state index is 0.0563. The summed E-state index contributed by atoms with van der Waals surface area (Å²) >= 11 is 0. The third-order valence-corrected chi connectivity index (χ3v) is 3.18. The molecular weight excluding hydrogens is 232 g/mol. The normalized spacial score (nSPS) is 14.8. The highest BCUT2D eigenvalue weighted by Gasteiger charge is 2.21. The zero-order valence-electron chi connectivity index (χ0n) is 10.1. The molecule has 0 amide bonds. The van der Waals surface area contributed by atoms with Gasteiger partial charge in [0.2, 0.25) is 0 Å². The predicted molar refractivity (Wildman–Crippen MR) is 61.3 cm³/mol. The molecule has 0 heterocycles. The van der Waals surface area contributed by atoms with Gasteiger partial charge in [-0.15, -0.1) is 0 Å². The highest BCUT2D eigenvalue weighted by molar-refractivity contribution is 7.87.